The lowest BCUT2D eigenvalue weighted by Gasteiger charge is -2.24. The molecule has 4 heteroatoms. The molecule has 1 unspecified atom stereocenters. The van der Waals surface area contributed by atoms with Crippen LogP contribution in [0.4, 0.5) is 5.69 Å². The van der Waals surface area contributed by atoms with Crippen LogP contribution < -0.4 is 10.6 Å². The standard InChI is InChI=1S/C13H17N3O/c1-11(10-15)13(17)16(9-5-8-14)12-6-3-2-4-7-12/h2-4,6-7,11H,5,9-10,15H2,1H3. The van der Waals surface area contributed by atoms with Crippen LogP contribution in [-0.2, 0) is 4.79 Å². The molecule has 17 heavy (non-hydrogen) atoms. The number of carbonyl (C=O) groups is 1. The lowest BCUT2D eigenvalue weighted by atomic mass is 10.1. The second-order valence-electron chi connectivity index (χ2n) is 3.87. The number of nitriles is 1. The Balaban J connectivity index is 2.89. The molecule has 0 aliphatic heterocycles. The smallest absolute Gasteiger partial charge is 0.231 e. The number of hydrogen-bond acceptors (Lipinski definition) is 3. The summed E-state index contributed by atoms with van der Waals surface area (Å²) in [6.45, 7) is 2.52. The van der Waals surface area contributed by atoms with Crippen molar-refractivity contribution in [3.8, 4) is 6.07 Å². The first-order valence-corrected chi connectivity index (χ1v) is 5.64. The molecule has 2 N–H and O–H groups in total. The first kappa shape index (κ1) is 13.2. The number of nitrogens with zero attached hydrogens (tertiary/aromatic N) is 2. The Labute approximate surface area is 102 Å². The van der Waals surface area contributed by atoms with Crippen LogP contribution in [0, 0.1) is 17.2 Å². The van der Waals surface area contributed by atoms with Gasteiger partial charge in [0, 0.05) is 24.7 Å². The van der Waals surface area contributed by atoms with Crippen LogP contribution >= 0.6 is 0 Å². The van der Waals surface area contributed by atoms with Crippen LogP contribution in [0.5, 0.6) is 0 Å². The minimum atomic E-state index is -0.228. The third-order valence-electron chi connectivity index (χ3n) is 2.56. The van der Waals surface area contributed by atoms with Gasteiger partial charge < -0.3 is 10.6 Å². The fourth-order valence-electron chi connectivity index (χ4n) is 1.50. The van der Waals surface area contributed by atoms with Crippen LogP contribution in [0.3, 0.4) is 0 Å². The number of amides is 1. The van der Waals surface area contributed by atoms with Crippen LogP contribution in [0.1, 0.15) is 13.3 Å². The molecule has 0 aliphatic rings. The summed E-state index contributed by atoms with van der Waals surface area (Å²) in [5, 5.41) is 8.63. The van der Waals surface area contributed by atoms with Crippen molar-refractivity contribution in [2.24, 2.45) is 11.7 Å². The third-order valence-corrected chi connectivity index (χ3v) is 2.56. The van der Waals surface area contributed by atoms with Gasteiger partial charge >= 0.3 is 0 Å². The van der Waals surface area contributed by atoms with Crippen molar-refractivity contribution >= 4 is 11.6 Å². The van der Waals surface area contributed by atoms with Gasteiger partial charge in [-0.15, -0.1) is 0 Å². The van der Waals surface area contributed by atoms with Gasteiger partial charge in [0.15, 0.2) is 0 Å². The highest BCUT2D eigenvalue weighted by Gasteiger charge is 2.20. The van der Waals surface area contributed by atoms with E-state index in [1.165, 1.54) is 0 Å². The molecule has 0 saturated heterocycles. The summed E-state index contributed by atoms with van der Waals surface area (Å²) in [6, 6.07) is 11.4. The predicted molar refractivity (Wildman–Crippen MR) is 67.2 cm³/mol. The van der Waals surface area contributed by atoms with Crippen molar-refractivity contribution in [3.05, 3.63) is 30.3 Å². The van der Waals surface area contributed by atoms with Gasteiger partial charge in [0.2, 0.25) is 5.91 Å². The number of anilines is 1. The molecule has 0 fully saturated rings. The fourth-order valence-corrected chi connectivity index (χ4v) is 1.50. The van der Waals surface area contributed by atoms with Gasteiger partial charge in [0.05, 0.1) is 12.5 Å². The summed E-state index contributed by atoms with van der Waals surface area (Å²) in [7, 11) is 0. The minimum absolute atomic E-state index is 0.0334. The Morgan fingerprint density at radius 1 is 1.47 bits per heavy atom. The fraction of sp³-hybridized carbons (Fsp3) is 0.385. The SMILES string of the molecule is CC(CN)C(=O)N(CCC#N)c1ccccc1. The van der Waals surface area contributed by atoms with E-state index in [9.17, 15) is 4.79 Å². The minimum Gasteiger partial charge on any atom is -0.330 e. The molecule has 0 radical (unpaired) electrons. The van der Waals surface area contributed by atoms with Gasteiger partial charge in [-0.1, -0.05) is 25.1 Å². The summed E-state index contributed by atoms with van der Waals surface area (Å²) in [4.78, 5) is 13.7. The molecule has 1 rings (SSSR count). The van der Waals surface area contributed by atoms with Crippen molar-refractivity contribution in [3.63, 3.8) is 0 Å². The summed E-state index contributed by atoms with van der Waals surface area (Å²) in [5.74, 6) is -0.261. The quantitative estimate of drug-likeness (QED) is 0.835. The van der Waals surface area contributed by atoms with Gasteiger partial charge in [-0.2, -0.15) is 5.26 Å². The molecule has 1 atom stereocenters. The largest absolute Gasteiger partial charge is 0.330 e. The summed E-state index contributed by atoms with van der Waals surface area (Å²) >= 11 is 0. The number of carbonyl (C=O) groups excluding carboxylic acids is 1. The maximum absolute atomic E-state index is 12.1. The maximum atomic E-state index is 12.1. The average Bonchev–Trinajstić information content (AvgIpc) is 2.39. The topological polar surface area (TPSA) is 70.1 Å². The molecule has 90 valence electrons. The summed E-state index contributed by atoms with van der Waals surface area (Å²) in [5.41, 5.74) is 6.32. The number of nitrogens with two attached hydrogens (primary N) is 1. The van der Waals surface area contributed by atoms with E-state index in [2.05, 4.69) is 6.07 Å². The van der Waals surface area contributed by atoms with Crippen LogP contribution in [0.2, 0.25) is 0 Å². The van der Waals surface area contributed by atoms with Crippen LogP contribution in [0.15, 0.2) is 30.3 Å². The molecular formula is C13H17N3O. The number of benzene rings is 1. The zero-order valence-electron chi connectivity index (χ0n) is 9.97. The molecule has 0 spiro atoms. The molecule has 0 aliphatic carbocycles. The second-order valence-corrected chi connectivity index (χ2v) is 3.87. The normalized spacial score (nSPS) is 11.6. The van der Waals surface area contributed by atoms with E-state index in [1.54, 1.807) is 11.8 Å². The molecule has 0 bridgehead atoms. The number of hydrogen-bond donors (Lipinski definition) is 1. The first-order chi connectivity index (χ1) is 8.20. The van der Waals surface area contributed by atoms with Crippen molar-refractivity contribution in [2.45, 2.75) is 13.3 Å². The van der Waals surface area contributed by atoms with E-state index in [4.69, 9.17) is 11.0 Å². The van der Waals surface area contributed by atoms with E-state index in [0.29, 0.717) is 19.5 Å². The van der Waals surface area contributed by atoms with Gasteiger partial charge in [-0.05, 0) is 12.1 Å². The average molecular weight is 231 g/mol. The lowest BCUT2D eigenvalue weighted by Crippen LogP contribution is -2.38. The van der Waals surface area contributed by atoms with E-state index in [0.717, 1.165) is 5.69 Å². The molecule has 4 nitrogen and oxygen atoms in total. The second kappa shape index (κ2) is 6.66. The Morgan fingerprint density at radius 2 is 2.12 bits per heavy atom. The number of rotatable bonds is 5. The van der Waals surface area contributed by atoms with E-state index in [1.807, 2.05) is 30.3 Å². The Kier molecular flexibility index (Phi) is 5.18. The molecule has 1 amide bonds. The van der Waals surface area contributed by atoms with Crippen molar-refractivity contribution in [1.29, 1.82) is 5.26 Å². The zero-order chi connectivity index (χ0) is 12.7. The van der Waals surface area contributed by atoms with E-state index >= 15 is 0 Å². The van der Waals surface area contributed by atoms with E-state index < -0.39 is 0 Å². The first-order valence-electron chi connectivity index (χ1n) is 5.64. The summed E-state index contributed by atoms with van der Waals surface area (Å²) in [6.07, 6.45) is 0.317. The summed E-state index contributed by atoms with van der Waals surface area (Å²) < 4.78 is 0. The van der Waals surface area contributed by atoms with Crippen LogP contribution in [0.25, 0.3) is 0 Å². The lowest BCUT2D eigenvalue weighted by molar-refractivity contribution is -0.121. The van der Waals surface area contributed by atoms with Crippen molar-refractivity contribution in [1.82, 2.24) is 0 Å². The molecule has 0 heterocycles. The van der Waals surface area contributed by atoms with Crippen molar-refractivity contribution < 1.29 is 4.79 Å². The molecule has 1 aromatic carbocycles. The monoisotopic (exact) mass is 231 g/mol. The zero-order valence-corrected chi connectivity index (χ0v) is 9.97. The molecular weight excluding hydrogens is 214 g/mol. The highest BCUT2D eigenvalue weighted by atomic mass is 16.2. The third kappa shape index (κ3) is 3.58. The van der Waals surface area contributed by atoms with Gasteiger partial charge in [0.1, 0.15) is 0 Å². The predicted octanol–water partition coefficient (Wildman–Crippen LogP) is 1.53. The number of para-hydroxylation sites is 1. The molecule has 0 aromatic heterocycles. The molecule has 0 saturated carbocycles. The Bertz CT molecular complexity index is 397. The van der Waals surface area contributed by atoms with Gasteiger partial charge in [-0.25, -0.2) is 0 Å². The highest BCUT2D eigenvalue weighted by molar-refractivity contribution is 5.94. The Morgan fingerprint density at radius 3 is 2.65 bits per heavy atom. The highest BCUT2D eigenvalue weighted by Crippen LogP contribution is 2.16. The Hall–Kier alpha value is -1.86. The van der Waals surface area contributed by atoms with Gasteiger partial charge in [0.25, 0.3) is 0 Å². The maximum Gasteiger partial charge on any atom is 0.231 e. The van der Waals surface area contributed by atoms with Gasteiger partial charge in [-0.3, -0.25) is 4.79 Å². The van der Waals surface area contributed by atoms with Crippen molar-refractivity contribution in [2.75, 3.05) is 18.0 Å². The molecule has 1 aromatic rings. The van der Waals surface area contributed by atoms with E-state index in [-0.39, 0.29) is 11.8 Å². The van der Waals surface area contributed by atoms with Crippen LogP contribution in [-0.4, -0.2) is 19.0 Å².